The van der Waals surface area contributed by atoms with Gasteiger partial charge in [0, 0.05) is 12.5 Å². The molecule has 5 heteroatoms. The monoisotopic (exact) mass is 395 g/mol. The molecule has 0 bridgehead atoms. The molecule has 0 fully saturated rings. The van der Waals surface area contributed by atoms with Crippen LogP contribution in [0, 0.1) is 5.41 Å². The molecule has 3 rings (SSSR count). The molecule has 1 aliphatic rings. The van der Waals surface area contributed by atoms with Crippen LogP contribution < -0.4 is 5.32 Å². The van der Waals surface area contributed by atoms with Crippen LogP contribution in [0.3, 0.4) is 0 Å². The van der Waals surface area contributed by atoms with E-state index in [0.717, 1.165) is 12.8 Å². The molecule has 0 spiro atoms. The molecule has 5 nitrogen and oxygen atoms in total. The molecule has 0 aliphatic heterocycles. The predicted octanol–water partition coefficient (Wildman–Crippen LogP) is 4.89. The predicted molar refractivity (Wildman–Crippen MR) is 113 cm³/mol. The zero-order chi connectivity index (χ0) is 20.9. The summed E-state index contributed by atoms with van der Waals surface area (Å²) in [5, 5.41) is 2.70. The Bertz CT molecular complexity index is 829. The van der Waals surface area contributed by atoms with E-state index in [-0.39, 0.29) is 25.0 Å². The molecule has 154 valence electrons. The fourth-order valence-corrected chi connectivity index (χ4v) is 3.52. The van der Waals surface area contributed by atoms with Gasteiger partial charge in [0.25, 0.3) is 0 Å². The summed E-state index contributed by atoms with van der Waals surface area (Å²) < 4.78 is 10.8. The molecule has 0 heterocycles. The van der Waals surface area contributed by atoms with Gasteiger partial charge >= 0.3 is 12.1 Å². The lowest BCUT2D eigenvalue weighted by molar-refractivity contribution is -0.153. The lowest BCUT2D eigenvalue weighted by atomic mass is 9.94. The maximum Gasteiger partial charge on any atom is 0.407 e. The molecular weight excluding hydrogens is 366 g/mol. The maximum atomic E-state index is 12.3. The van der Waals surface area contributed by atoms with Gasteiger partial charge < -0.3 is 14.8 Å². The highest BCUT2D eigenvalue weighted by Gasteiger charge is 2.31. The quantitative estimate of drug-likeness (QED) is 0.510. The topological polar surface area (TPSA) is 64.6 Å². The zero-order valence-electron chi connectivity index (χ0n) is 17.4. The SMILES string of the molecule is CCCCOC(=O)C(C)(C)CNC(=O)OCC1c2ccccc2-c2ccccc21. The third-order valence-corrected chi connectivity index (χ3v) is 5.30. The minimum atomic E-state index is -0.806. The highest BCUT2D eigenvalue weighted by atomic mass is 16.5. The Hall–Kier alpha value is -2.82. The summed E-state index contributed by atoms with van der Waals surface area (Å²) in [5.41, 5.74) is 3.91. The Morgan fingerprint density at radius 1 is 0.966 bits per heavy atom. The van der Waals surface area contributed by atoms with Crippen LogP contribution in [0.25, 0.3) is 11.1 Å². The number of esters is 1. The van der Waals surface area contributed by atoms with Crippen molar-refractivity contribution in [2.75, 3.05) is 19.8 Å². The minimum Gasteiger partial charge on any atom is -0.465 e. The molecule has 1 aliphatic carbocycles. The van der Waals surface area contributed by atoms with Gasteiger partial charge in [-0.3, -0.25) is 4.79 Å². The summed E-state index contributed by atoms with van der Waals surface area (Å²) in [6.07, 6.45) is 1.27. The van der Waals surface area contributed by atoms with Crippen LogP contribution in [-0.4, -0.2) is 31.8 Å². The van der Waals surface area contributed by atoms with Gasteiger partial charge in [0.1, 0.15) is 6.61 Å². The first-order chi connectivity index (χ1) is 13.9. The van der Waals surface area contributed by atoms with E-state index < -0.39 is 11.5 Å². The van der Waals surface area contributed by atoms with Crippen LogP contribution in [0.15, 0.2) is 48.5 Å². The lowest BCUT2D eigenvalue weighted by Crippen LogP contribution is -2.40. The first-order valence-corrected chi connectivity index (χ1v) is 10.2. The van der Waals surface area contributed by atoms with Gasteiger partial charge in [-0.05, 0) is 42.5 Å². The Labute approximate surface area is 172 Å². The van der Waals surface area contributed by atoms with Crippen molar-refractivity contribution in [3.8, 4) is 11.1 Å². The Morgan fingerprint density at radius 2 is 1.55 bits per heavy atom. The van der Waals surface area contributed by atoms with E-state index >= 15 is 0 Å². The van der Waals surface area contributed by atoms with Crippen LogP contribution in [0.1, 0.15) is 50.7 Å². The second-order valence-electron chi connectivity index (χ2n) is 8.05. The number of carbonyl (C=O) groups is 2. The van der Waals surface area contributed by atoms with E-state index in [9.17, 15) is 9.59 Å². The third-order valence-electron chi connectivity index (χ3n) is 5.30. The van der Waals surface area contributed by atoms with Crippen molar-refractivity contribution >= 4 is 12.1 Å². The summed E-state index contributed by atoms with van der Waals surface area (Å²) in [6.45, 7) is 6.37. The van der Waals surface area contributed by atoms with Crippen molar-refractivity contribution in [3.05, 3.63) is 59.7 Å². The van der Waals surface area contributed by atoms with Crippen LogP contribution in [0.2, 0.25) is 0 Å². The van der Waals surface area contributed by atoms with Crippen molar-refractivity contribution in [2.45, 2.75) is 39.5 Å². The third kappa shape index (κ3) is 4.78. The standard InChI is InChI=1S/C24H29NO4/c1-4-5-14-28-22(26)24(2,3)16-25-23(27)29-15-21-19-12-8-6-10-17(19)18-11-7-9-13-20(18)21/h6-13,21H,4-5,14-16H2,1-3H3,(H,25,27). The van der Waals surface area contributed by atoms with E-state index in [0.29, 0.717) is 6.61 Å². The first-order valence-electron chi connectivity index (χ1n) is 10.2. The molecular formula is C24H29NO4. The average molecular weight is 395 g/mol. The zero-order valence-corrected chi connectivity index (χ0v) is 17.4. The number of fused-ring (bicyclic) bond motifs is 3. The molecule has 0 saturated carbocycles. The molecule has 0 aromatic heterocycles. The summed E-state index contributed by atoms with van der Waals surface area (Å²) >= 11 is 0. The molecule has 1 amide bonds. The number of hydrogen-bond acceptors (Lipinski definition) is 4. The number of rotatable bonds is 8. The number of nitrogens with one attached hydrogen (secondary N) is 1. The van der Waals surface area contributed by atoms with E-state index in [2.05, 4.69) is 29.6 Å². The Morgan fingerprint density at radius 3 is 2.14 bits per heavy atom. The average Bonchev–Trinajstić information content (AvgIpc) is 3.05. The van der Waals surface area contributed by atoms with E-state index in [1.165, 1.54) is 22.3 Å². The summed E-state index contributed by atoms with van der Waals surface area (Å²) in [4.78, 5) is 24.4. The maximum absolute atomic E-state index is 12.3. The Balaban J connectivity index is 1.55. The number of benzene rings is 2. The smallest absolute Gasteiger partial charge is 0.407 e. The van der Waals surface area contributed by atoms with E-state index in [1.807, 2.05) is 31.2 Å². The summed E-state index contributed by atoms with van der Waals surface area (Å²) in [5.74, 6) is -0.301. The van der Waals surface area contributed by atoms with Crippen LogP contribution in [0.4, 0.5) is 4.79 Å². The number of unbranched alkanes of at least 4 members (excludes halogenated alkanes) is 1. The van der Waals surface area contributed by atoms with Gasteiger partial charge in [0.05, 0.1) is 12.0 Å². The number of amides is 1. The van der Waals surface area contributed by atoms with Gasteiger partial charge in [0.2, 0.25) is 0 Å². The van der Waals surface area contributed by atoms with Gasteiger partial charge in [-0.2, -0.15) is 0 Å². The molecule has 2 aromatic carbocycles. The summed E-state index contributed by atoms with van der Waals surface area (Å²) in [7, 11) is 0. The van der Waals surface area contributed by atoms with Crippen LogP contribution >= 0.6 is 0 Å². The van der Waals surface area contributed by atoms with E-state index in [1.54, 1.807) is 13.8 Å². The highest BCUT2D eigenvalue weighted by molar-refractivity contribution is 5.79. The number of alkyl carbamates (subject to hydrolysis) is 1. The fraction of sp³-hybridized carbons (Fsp3) is 0.417. The number of hydrogen-bond donors (Lipinski definition) is 1. The number of carbonyl (C=O) groups excluding carboxylic acids is 2. The Kier molecular flexibility index (Phi) is 6.57. The molecule has 1 N–H and O–H groups in total. The lowest BCUT2D eigenvalue weighted by Gasteiger charge is -2.23. The van der Waals surface area contributed by atoms with Gasteiger partial charge in [-0.25, -0.2) is 4.79 Å². The van der Waals surface area contributed by atoms with Gasteiger partial charge in [-0.15, -0.1) is 0 Å². The first kappa shape index (κ1) is 20.9. The normalized spacial score (nSPS) is 12.8. The number of ether oxygens (including phenoxy) is 2. The van der Waals surface area contributed by atoms with E-state index in [4.69, 9.17) is 9.47 Å². The molecule has 0 radical (unpaired) electrons. The molecule has 2 aromatic rings. The van der Waals surface area contributed by atoms with Crippen molar-refractivity contribution < 1.29 is 19.1 Å². The van der Waals surface area contributed by atoms with Gasteiger partial charge in [0.15, 0.2) is 0 Å². The molecule has 0 saturated heterocycles. The van der Waals surface area contributed by atoms with Gasteiger partial charge in [-0.1, -0.05) is 61.9 Å². The molecule has 0 unspecified atom stereocenters. The molecule has 29 heavy (non-hydrogen) atoms. The largest absolute Gasteiger partial charge is 0.465 e. The highest BCUT2D eigenvalue weighted by Crippen LogP contribution is 2.44. The minimum absolute atomic E-state index is 0.0140. The van der Waals surface area contributed by atoms with Crippen molar-refractivity contribution in [1.82, 2.24) is 5.32 Å². The van der Waals surface area contributed by atoms with Crippen LogP contribution in [-0.2, 0) is 14.3 Å². The molecule has 0 atom stereocenters. The fourth-order valence-electron chi connectivity index (χ4n) is 3.52. The summed E-state index contributed by atoms with van der Waals surface area (Å²) in [6, 6.07) is 16.4. The van der Waals surface area contributed by atoms with Crippen molar-refractivity contribution in [1.29, 1.82) is 0 Å². The van der Waals surface area contributed by atoms with Crippen molar-refractivity contribution in [2.24, 2.45) is 5.41 Å². The van der Waals surface area contributed by atoms with Crippen molar-refractivity contribution in [3.63, 3.8) is 0 Å². The van der Waals surface area contributed by atoms with Crippen LogP contribution in [0.5, 0.6) is 0 Å². The second-order valence-corrected chi connectivity index (χ2v) is 8.05. The second kappa shape index (κ2) is 9.12.